The van der Waals surface area contributed by atoms with Gasteiger partial charge in [0, 0.05) is 18.7 Å². The third-order valence-corrected chi connectivity index (χ3v) is 3.41. The Bertz CT molecular complexity index is 526. The van der Waals surface area contributed by atoms with E-state index < -0.39 is 0 Å². The van der Waals surface area contributed by atoms with Crippen molar-refractivity contribution in [2.45, 2.75) is 25.7 Å². The molecule has 1 aliphatic heterocycles. The van der Waals surface area contributed by atoms with Gasteiger partial charge < -0.3 is 9.84 Å². The predicted octanol–water partition coefficient (Wildman–Crippen LogP) is 2.55. The van der Waals surface area contributed by atoms with Crippen LogP contribution in [-0.2, 0) is 0 Å². The molecule has 0 spiro atoms. The van der Waals surface area contributed by atoms with E-state index in [1.807, 2.05) is 0 Å². The lowest BCUT2D eigenvalue weighted by molar-refractivity contribution is 0.308. The number of nitrogens with zero attached hydrogens (tertiary/aromatic N) is 2. The molecule has 0 amide bonds. The van der Waals surface area contributed by atoms with Crippen LogP contribution in [0.4, 0.5) is 0 Å². The molecule has 3 rings (SSSR count). The van der Waals surface area contributed by atoms with Gasteiger partial charge in [-0.3, -0.25) is 0 Å². The summed E-state index contributed by atoms with van der Waals surface area (Å²) in [6, 6.07) is 8.37. The van der Waals surface area contributed by atoms with Gasteiger partial charge in [-0.2, -0.15) is 4.98 Å². The Morgan fingerprint density at radius 1 is 1.22 bits per heavy atom. The summed E-state index contributed by atoms with van der Waals surface area (Å²) in [5.41, 5.74) is 2.34. The van der Waals surface area contributed by atoms with Gasteiger partial charge in [-0.05, 0) is 11.5 Å². The fraction of sp³-hybridized carbons (Fsp3) is 0.429. The maximum Gasteiger partial charge on any atom is 0.232 e. The highest BCUT2D eigenvalue weighted by Gasteiger charge is 2.25. The van der Waals surface area contributed by atoms with Crippen molar-refractivity contribution in [3.8, 4) is 11.4 Å². The first-order valence-electron chi connectivity index (χ1n) is 6.38. The van der Waals surface area contributed by atoms with E-state index in [0.29, 0.717) is 17.7 Å². The van der Waals surface area contributed by atoms with Gasteiger partial charge in [-0.15, -0.1) is 0 Å². The molecule has 1 N–H and O–H groups in total. The Kier molecular flexibility index (Phi) is 2.88. The largest absolute Gasteiger partial charge is 0.339 e. The second-order valence-corrected chi connectivity index (χ2v) is 5.09. The minimum atomic E-state index is 0.390. The van der Waals surface area contributed by atoms with Crippen molar-refractivity contribution in [3.63, 3.8) is 0 Å². The predicted molar refractivity (Wildman–Crippen MR) is 69.4 cm³/mol. The summed E-state index contributed by atoms with van der Waals surface area (Å²) >= 11 is 0. The van der Waals surface area contributed by atoms with Gasteiger partial charge in [0.15, 0.2) is 0 Å². The molecular weight excluding hydrogens is 226 g/mol. The van der Waals surface area contributed by atoms with Gasteiger partial charge in [0.05, 0.1) is 5.92 Å². The van der Waals surface area contributed by atoms with Crippen molar-refractivity contribution in [1.82, 2.24) is 15.5 Å². The molecule has 1 aromatic carbocycles. The molecule has 1 aromatic heterocycles. The number of hydrogen-bond acceptors (Lipinski definition) is 4. The van der Waals surface area contributed by atoms with E-state index in [0.717, 1.165) is 24.5 Å². The van der Waals surface area contributed by atoms with Gasteiger partial charge in [0.1, 0.15) is 0 Å². The van der Waals surface area contributed by atoms with Crippen molar-refractivity contribution >= 4 is 0 Å². The summed E-state index contributed by atoms with van der Waals surface area (Å²) in [7, 11) is 0. The standard InChI is InChI=1S/C14H17N3O/c1-9(2)10-3-5-11(6-4-10)13-16-14(18-17-13)12-7-15-8-12/h3-6,9,12,15H,7-8H2,1-2H3. The Morgan fingerprint density at radius 3 is 2.50 bits per heavy atom. The molecule has 0 saturated carbocycles. The molecule has 4 nitrogen and oxygen atoms in total. The molecule has 1 saturated heterocycles. The van der Waals surface area contributed by atoms with Crippen LogP contribution in [0.25, 0.3) is 11.4 Å². The second-order valence-electron chi connectivity index (χ2n) is 5.09. The number of aromatic nitrogens is 2. The van der Waals surface area contributed by atoms with E-state index in [1.54, 1.807) is 0 Å². The summed E-state index contributed by atoms with van der Waals surface area (Å²) in [5.74, 6) is 2.37. The molecule has 0 radical (unpaired) electrons. The van der Waals surface area contributed by atoms with Crippen LogP contribution in [0.5, 0.6) is 0 Å². The maximum absolute atomic E-state index is 5.30. The van der Waals surface area contributed by atoms with E-state index in [2.05, 4.69) is 53.6 Å². The van der Waals surface area contributed by atoms with Crippen molar-refractivity contribution in [1.29, 1.82) is 0 Å². The number of hydrogen-bond donors (Lipinski definition) is 1. The van der Waals surface area contributed by atoms with Crippen molar-refractivity contribution in [3.05, 3.63) is 35.7 Å². The summed E-state index contributed by atoms with van der Waals surface area (Å²) in [5, 5.41) is 7.25. The van der Waals surface area contributed by atoms with Crippen molar-refractivity contribution in [2.75, 3.05) is 13.1 Å². The van der Waals surface area contributed by atoms with Crippen LogP contribution in [0.15, 0.2) is 28.8 Å². The minimum absolute atomic E-state index is 0.390. The molecule has 0 aliphatic carbocycles. The number of nitrogens with one attached hydrogen (secondary N) is 1. The van der Waals surface area contributed by atoms with Crippen LogP contribution in [0, 0.1) is 0 Å². The van der Waals surface area contributed by atoms with E-state index in [-0.39, 0.29) is 0 Å². The lowest BCUT2D eigenvalue weighted by Crippen LogP contribution is -2.40. The van der Waals surface area contributed by atoms with Crippen LogP contribution in [0.3, 0.4) is 0 Å². The van der Waals surface area contributed by atoms with Crippen molar-refractivity contribution < 1.29 is 4.52 Å². The zero-order valence-electron chi connectivity index (χ0n) is 10.7. The Balaban J connectivity index is 1.83. The normalized spacial score (nSPS) is 15.9. The third kappa shape index (κ3) is 2.04. The molecule has 0 unspecified atom stereocenters. The average Bonchev–Trinajstić information content (AvgIpc) is 2.76. The van der Waals surface area contributed by atoms with E-state index >= 15 is 0 Å². The van der Waals surface area contributed by atoms with Crippen LogP contribution in [0.2, 0.25) is 0 Å². The Morgan fingerprint density at radius 2 is 1.94 bits per heavy atom. The first-order valence-corrected chi connectivity index (χ1v) is 6.38. The molecule has 1 fully saturated rings. The zero-order valence-corrected chi connectivity index (χ0v) is 10.7. The lowest BCUT2D eigenvalue weighted by Gasteiger charge is -2.22. The molecule has 0 bridgehead atoms. The van der Waals surface area contributed by atoms with Crippen LogP contribution in [-0.4, -0.2) is 23.2 Å². The molecule has 2 aromatic rings. The zero-order chi connectivity index (χ0) is 12.5. The molecule has 4 heteroatoms. The second kappa shape index (κ2) is 4.53. The molecule has 1 aliphatic rings. The van der Waals surface area contributed by atoms with Gasteiger partial charge in [0.25, 0.3) is 0 Å². The van der Waals surface area contributed by atoms with Gasteiger partial charge in [-0.1, -0.05) is 43.3 Å². The maximum atomic E-state index is 5.30. The van der Waals surface area contributed by atoms with Gasteiger partial charge in [-0.25, -0.2) is 0 Å². The SMILES string of the molecule is CC(C)c1ccc(-c2noc(C3CNC3)n2)cc1. The van der Waals surface area contributed by atoms with Crippen LogP contribution in [0.1, 0.15) is 37.1 Å². The summed E-state index contributed by atoms with van der Waals surface area (Å²) in [6.07, 6.45) is 0. The fourth-order valence-electron chi connectivity index (χ4n) is 2.00. The topological polar surface area (TPSA) is 51.0 Å². The highest BCUT2D eigenvalue weighted by Crippen LogP contribution is 2.23. The molecule has 94 valence electrons. The van der Waals surface area contributed by atoms with Crippen LogP contribution < -0.4 is 5.32 Å². The first kappa shape index (κ1) is 11.4. The molecule has 18 heavy (non-hydrogen) atoms. The highest BCUT2D eigenvalue weighted by molar-refractivity contribution is 5.54. The number of benzene rings is 1. The molecule has 0 atom stereocenters. The Hall–Kier alpha value is -1.68. The van der Waals surface area contributed by atoms with E-state index in [4.69, 9.17) is 4.52 Å². The average molecular weight is 243 g/mol. The fourth-order valence-corrected chi connectivity index (χ4v) is 2.00. The molecular formula is C14H17N3O. The summed E-state index contributed by atoms with van der Waals surface area (Å²) < 4.78 is 5.30. The first-order chi connectivity index (χ1) is 8.74. The van der Waals surface area contributed by atoms with E-state index in [9.17, 15) is 0 Å². The van der Waals surface area contributed by atoms with Crippen LogP contribution >= 0.6 is 0 Å². The van der Waals surface area contributed by atoms with Gasteiger partial charge in [0.2, 0.25) is 11.7 Å². The quantitative estimate of drug-likeness (QED) is 0.900. The van der Waals surface area contributed by atoms with Crippen molar-refractivity contribution in [2.24, 2.45) is 0 Å². The molecule has 2 heterocycles. The minimum Gasteiger partial charge on any atom is -0.339 e. The smallest absolute Gasteiger partial charge is 0.232 e. The highest BCUT2D eigenvalue weighted by atomic mass is 16.5. The summed E-state index contributed by atoms with van der Waals surface area (Å²) in [6.45, 7) is 6.25. The summed E-state index contributed by atoms with van der Waals surface area (Å²) in [4.78, 5) is 4.46. The lowest BCUT2D eigenvalue weighted by atomic mass is 10.0. The third-order valence-electron chi connectivity index (χ3n) is 3.41. The number of rotatable bonds is 3. The Labute approximate surface area is 106 Å². The van der Waals surface area contributed by atoms with E-state index in [1.165, 1.54) is 5.56 Å². The monoisotopic (exact) mass is 243 g/mol. The van der Waals surface area contributed by atoms with Gasteiger partial charge >= 0.3 is 0 Å².